The van der Waals surface area contributed by atoms with Gasteiger partial charge in [-0.15, -0.1) is 0 Å². The number of ether oxygens (including phenoxy) is 1. The van der Waals surface area contributed by atoms with Crippen LogP contribution in [0.5, 0.6) is 11.5 Å². The summed E-state index contributed by atoms with van der Waals surface area (Å²) in [5.74, 6) is 3.56. The predicted octanol–water partition coefficient (Wildman–Crippen LogP) is 14.6. The van der Waals surface area contributed by atoms with Gasteiger partial charge >= 0.3 is 0 Å². The highest BCUT2D eigenvalue weighted by atomic mass is 16.5. The first kappa shape index (κ1) is 38.3. The molecule has 2 aromatic heterocycles. The van der Waals surface area contributed by atoms with Gasteiger partial charge in [0.05, 0.1) is 10.9 Å². The van der Waals surface area contributed by atoms with Gasteiger partial charge in [-0.25, -0.2) is 15.0 Å². The Morgan fingerprint density at radius 2 is 1.05 bits per heavy atom. The molecule has 0 saturated heterocycles. The van der Waals surface area contributed by atoms with Crippen molar-refractivity contribution in [2.24, 2.45) is 0 Å². The molecule has 0 amide bonds. The zero-order chi connectivity index (χ0) is 44.0. The van der Waals surface area contributed by atoms with Crippen molar-refractivity contribution in [1.29, 1.82) is 0 Å². The third kappa shape index (κ3) is 5.62. The van der Waals surface area contributed by atoms with Gasteiger partial charge in [-0.05, 0) is 94.8 Å². The molecular formula is C61H44N4O. The molecule has 13 rings (SSSR count). The quantitative estimate of drug-likeness (QED) is 0.173. The molecule has 0 saturated carbocycles. The van der Waals surface area contributed by atoms with Crippen molar-refractivity contribution >= 4 is 17.0 Å². The molecule has 5 heteroatoms. The van der Waals surface area contributed by atoms with Gasteiger partial charge in [-0.3, -0.25) is 0 Å². The molecule has 0 N–H and O–H groups in total. The van der Waals surface area contributed by atoms with Gasteiger partial charge in [-0.2, -0.15) is 0 Å². The summed E-state index contributed by atoms with van der Waals surface area (Å²) in [6, 6.07) is 69.3. The van der Waals surface area contributed by atoms with E-state index in [1.165, 1.54) is 44.4 Å². The van der Waals surface area contributed by atoms with Crippen molar-refractivity contribution in [3.63, 3.8) is 0 Å². The van der Waals surface area contributed by atoms with E-state index < -0.39 is 5.41 Å². The summed E-state index contributed by atoms with van der Waals surface area (Å²) in [6.45, 7) is 4.71. The van der Waals surface area contributed by atoms with Gasteiger partial charge < -0.3 is 9.30 Å². The van der Waals surface area contributed by atoms with Gasteiger partial charge in [0, 0.05) is 55.6 Å². The van der Waals surface area contributed by atoms with E-state index in [1.54, 1.807) is 0 Å². The standard InChI is InChI=1S/C61H44N4O/c1-60(2)47-25-8-10-27-49(47)61(50-28-11-9-26-48(50)60)51-29-12-15-33-55(51)66-56-44(24-17-30-52(56)61)41-20-16-21-42(38-41)59-63-57(39-18-4-3-5-19-39)62-58(64-59)40-34-36-43(37-35-40)65-53-31-13-6-22-45(53)46-23-7-14-32-54(46)65/h3-6,8-22,24-38H,7,23H2,1-2H3. The van der Waals surface area contributed by atoms with Crippen LogP contribution in [0.1, 0.15) is 64.9 Å². The van der Waals surface area contributed by atoms with Gasteiger partial charge in [0.15, 0.2) is 17.5 Å². The van der Waals surface area contributed by atoms with Crippen molar-refractivity contribution in [3.8, 4) is 62.5 Å². The van der Waals surface area contributed by atoms with E-state index in [1.807, 2.05) is 18.2 Å². The Bertz CT molecular complexity index is 3550. The molecule has 3 aliphatic rings. The Balaban J connectivity index is 0.955. The Morgan fingerprint density at radius 3 is 1.79 bits per heavy atom. The first-order chi connectivity index (χ1) is 32.5. The van der Waals surface area contributed by atoms with Crippen LogP contribution >= 0.6 is 0 Å². The fraction of sp³-hybridized carbons (Fsp3) is 0.0984. The second-order valence-electron chi connectivity index (χ2n) is 18.2. The summed E-state index contributed by atoms with van der Waals surface area (Å²) in [4.78, 5) is 15.5. The molecule has 0 atom stereocenters. The molecule has 1 spiro atoms. The van der Waals surface area contributed by atoms with Crippen LogP contribution in [0.25, 0.3) is 68.0 Å². The van der Waals surface area contributed by atoms with Gasteiger partial charge in [0.25, 0.3) is 0 Å². The molecule has 0 fully saturated rings. The van der Waals surface area contributed by atoms with Crippen molar-refractivity contribution in [2.75, 3.05) is 0 Å². The maximum Gasteiger partial charge on any atom is 0.164 e. The summed E-state index contributed by atoms with van der Waals surface area (Å²) >= 11 is 0. The minimum Gasteiger partial charge on any atom is -0.456 e. The molecule has 0 radical (unpaired) electrons. The second kappa shape index (κ2) is 14.7. The fourth-order valence-electron chi connectivity index (χ4n) is 11.3. The van der Waals surface area contributed by atoms with Gasteiger partial charge in [0.2, 0.25) is 0 Å². The zero-order valence-electron chi connectivity index (χ0n) is 36.7. The molecule has 5 nitrogen and oxygen atoms in total. The predicted molar refractivity (Wildman–Crippen MR) is 266 cm³/mol. The van der Waals surface area contributed by atoms with Gasteiger partial charge in [0.1, 0.15) is 11.5 Å². The van der Waals surface area contributed by atoms with E-state index in [0.29, 0.717) is 17.5 Å². The van der Waals surface area contributed by atoms with Crippen LogP contribution in [0.4, 0.5) is 0 Å². The first-order valence-electron chi connectivity index (χ1n) is 22.9. The number of nitrogens with zero attached hydrogens (tertiary/aromatic N) is 4. The van der Waals surface area contributed by atoms with Crippen LogP contribution in [-0.4, -0.2) is 19.5 Å². The lowest BCUT2D eigenvalue weighted by Crippen LogP contribution is -2.43. The minimum atomic E-state index is -0.603. The molecule has 314 valence electrons. The topological polar surface area (TPSA) is 52.8 Å². The average molecular weight is 849 g/mol. The van der Waals surface area contributed by atoms with E-state index in [2.05, 4.69) is 206 Å². The Hall–Kier alpha value is -8.15. The number of fused-ring (bicyclic) bond motifs is 11. The molecule has 2 aliphatic carbocycles. The Labute approximate surface area is 384 Å². The van der Waals surface area contributed by atoms with Crippen molar-refractivity contribution < 1.29 is 4.74 Å². The number of allylic oxidation sites excluding steroid dienone is 1. The smallest absolute Gasteiger partial charge is 0.164 e. The number of aromatic nitrogens is 4. The van der Waals surface area contributed by atoms with Crippen LogP contribution in [-0.2, 0) is 17.3 Å². The third-order valence-electron chi connectivity index (χ3n) is 14.3. The van der Waals surface area contributed by atoms with Crippen LogP contribution in [0.3, 0.4) is 0 Å². The summed E-state index contributed by atoms with van der Waals surface area (Å²) in [5.41, 5.74) is 16.4. The molecule has 10 aromatic rings. The van der Waals surface area contributed by atoms with Crippen LogP contribution in [0, 0.1) is 0 Å². The van der Waals surface area contributed by atoms with E-state index in [-0.39, 0.29) is 5.41 Å². The van der Waals surface area contributed by atoms with E-state index >= 15 is 0 Å². The lowest BCUT2D eigenvalue weighted by atomic mass is 9.53. The largest absolute Gasteiger partial charge is 0.456 e. The third-order valence-corrected chi connectivity index (χ3v) is 14.3. The number of aryl methyl sites for hydroxylation is 1. The second-order valence-corrected chi connectivity index (χ2v) is 18.2. The van der Waals surface area contributed by atoms with Gasteiger partial charge in [-0.1, -0.05) is 172 Å². The lowest BCUT2D eigenvalue weighted by molar-refractivity contribution is 0.427. The van der Waals surface area contributed by atoms with E-state index in [0.717, 1.165) is 69.0 Å². The normalized spacial score (nSPS) is 14.7. The van der Waals surface area contributed by atoms with Crippen LogP contribution in [0.2, 0.25) is 0 Å². The average Bonchev–Trinajstić information content (AvgIpc) is 3.72. The summed E-state index contributed by atoms with van der Waals surface area (Å²) in [7, 11) is 0. The van der Waals surface area contributed by atoms with Crippen molar-refractivity contribution in [2.45, 2.75) is 37.5 Å². The molecule has 3 heterocycles. The highest BCUT2D eigenvalue weighted by molar-refractivity contribution is 5.91. The molecule has 8 aromatic carbocycles. The number of hydrogen-bond donors (Lipinski definition) is 0. The minimum absolute atomic E-state index is 0.198. The lowest BCUT2D eigenvalue weighted by Gasteiger charge is -2.50. The Kier molecular flexibility index (Phi) is 8.53. The van der Waals surface area contributed by atoms with Crippen LogP contribution < -0.4 is 4.74 Å². The molecule has 66 heavy (non-hydrogen) atoms. The first-order valence-corrected chi connectivity index (χ1v) is 22.9. The number of benzene rings is 8. The fourth-order valence-corrected chi connectivity index (χ4v) is 11.3. The van der Waals surface area contributed by atoms with Crippen LogP contribution in [0.15, 0.2) is 200 Å². The van der Waals surface area contributed by atoms with E-state index in [4.69, 9.17) is 19.7 Å². The van der Waals surface area contributed by atoms with Crippen molar-refractivity contribution in [1.82, 2.24) is 19.5 Å². The Morgan fingerprint density at radius 1 is 0.485 bits per heavy atom. The number of hydrogen-bond acceptors (Lipinski definition) is 4. The number of para-hydroxylation sites is 3. The van der Waals surface area contributed by atoms with E-state index in [9.17, 15) is 0 Å². The molecule has 0 unspecified atom stereocenters. The maximum atomic E-state index is 7.12. The highest BCUT2D eigenvalue weighted by Crippen LogP contribution is 2.62. The summed E-state index contributed by atoms with van der Waals surface area (Å²) in [6.07, 6.45) is 6.66. The number of rotatable bonds is 5. The molecule has 0 bridgehead atoms. The zero-order valence-corrected chi connectivity index (χ0v) is 36.7. The molecule has 1 aliphatic heterocycles. The molecular weight excluding hydrogens is 805 g/mol. The maximum absolute atomic E-state index is 7.12. The SMILES string of the molecule is CC1(C)c2ccccc2C2(c3ccccc3Oc3c(-c4cccc(-c5nc(-c6ccccc6)nc(-c6ccc(-n7c8c(c9ccccc97)CCC=C8)cc6)n5)c4)cccc32)c2ccccc21. The monoisotopic (exact) mass is 848 g/mol. The highest BCUT2D eigenvalue weighted by Gasteiger charge is 2.53. The summed E-state index contributed by atoms with van der Waals surface area (Å²) in [5, 5.41) is 1.32. The summed E-state index contributed by atoms with van der Waals surface area (Å²) < 4.78 is 9.49. The van der Waals surface area contributed by atoms with Crippen molar-refractivity contribution in [3.05, 3.63) is 245 Å².